The number of aliphatic hydroxyl groups excluding tert-OH is 1. The van der Waals surface area contributed by atoms with E-state index in [4.69, 9.17) is 15.3 Å². The van der Waals surface area contributed by atoms with E-state index in [9.17, 15) is 15.2 Å². The van der Waals surface area contributed by atoms with Crippen LogP contribution in [0.1, 0.15) is 12.0 Å². The Morgan fingerprint density at radius 1 is 1.36 bits per heavy atom. The van der Waals surface area contributed by atoms with E-state index < -0.39 is 29.6 Å². The zero-order valence-electron chi connectivity index (χ0n) is 14.7. The topological polar surface area (TPSA) is 151 Å². The molecule has 0 spiro atoms. The number of imidazole rings is 1. The van der Waals surface area contributed by atoms with Crippen LogP contribution in [0.4, 0.5) is 5.82 Å². The van der Waals surface area contributed by atoms with Crippen LogP contribution < -0.4 is 5.73 Å². The number of benzene rings is 1. The molecule has 0 bridgehead atoms. The van der Waals surface area contributed by atoms with Crippen LogP contribution in [0, 0.1) is 10.1 Å². The molecule has 0 aliphatic carbocycles. The Hall–Kier alpha value is -3.31. The number of nitrogens with two attached hydrogens (primary N) is 1. The summed E-state index contributed by atoms with van der Waals surface area (Å²) in [4.78, 5) is 28.2. The maximum absolute atomic E-state index is 10.9. The van der Waals surface area contributed by atoms with Crippen molar-refractivity contribution in [2.75, 3.05) is 12.3 Å². The van der Waals surface area contributed by atoms with Crippen LogP contribution in [0.3, 0.4) is 0 Å². The highest BCUT2D eigenvalue weighted by atomic mass is 17.0. The van der Waals surface area contributed by atoms with Gasteiger partial charge in [0.2, 0.25) is 0 Å². The lowest BCUT2D eigenvalue weighted by molar-refractivity contribution is -0.769. The van der Waals surface area contributed by atoms with Crippen molar-refractivity contribution in [3.05, 3.63) is 58.7 Å². The molecule has 11 nitrogen and oxygen atoms in total. The fourth-order valence-electron chi connectivity index (χ4n) is 3.64. The molecular formula is C17H18N6O5. The Morgan fingerprint density at radius 2 is 2.14 bits per heavy atom. The molecular weight excluding hydrogens is 368 g/mol. The van der Waals surface area contributed by atoms with Gasteiger partial charge >= 0.3 is 0 Å². The van der Waals surface area contributed by atoms with Gasteiger partial charge in [-0.3, -0.25) is 4.57 Å². The van der Waals surface area contributed by atoms with Crippen molar-refractivity contribution in [3.8, 4) is 0 Å². The number of rotatable bonds is 6. The molecule has 2 aromatic heterocycles. The average Bonchev–Trinajstić information content (AvgIpc) is 3.25. The molecule has 1 aliphatic heterocycles. The Labute approximate surface area is 158 Å². The Balaban J connectivity index is 1.82. The molecule has 0 radical (unpaired) electrons. The van der Waals surface area contributed by atoms with E-state index in [0.717, 1.165) is 5.56 Å². The van der Waals surface area contributed by atoms with Crippen LogP contribution >= 0.6 is 0 Å². The maximum Gasteiger partial charge on any atom is 0.294 e. The monoisotopic (exact) mass is 386 g/mol. The van der Waals surface area contributed by atoms with Gasteiger partial charge < -0.3 is 20.4 Å². The molecule has 28 heavy (non-hydrogen) atoms. The number of hydrogen-bond donors (Lipinski definition) is 2. The molecule has 3 heterocycles. The summed E-state index contributed by atoms with van der Waals surface area (Å²) in [5.74, 6) is 0.216. The van der Waals surface area contributed by atoms with Gasteiger partial charge in [-0.1, -0.05) is 30.3 Å². The minimum atomic E-state index is -1.11. The number of fused-ring (bicyclic) bond motifs is 1. The van der Waals surface area contributed by atoms with E-state index in [1.807, 2.05) is 30.3 Å². The molecule has 1 aromatic carbocycles. The largest absolute Gasteiger partial charge is 0.394 e. The molecule has 1 saturated heterocycles. The summed E-state index contributed by atoms with van der Waals surface area (Å²) in [5, 5.41) is 19.8. The first-order valence-electron chi connectivity index (χ1n) is 8.60. The minimum absolute atomic E-state index is 0.115. The number of anilines is 1. The Morgan fingerprint density at radius 3 is 2.86 bits per heavy atom. The second-order valence-electron chi connectivity index (χ2n) is 6.56. The zero-order chi connectivity index (χ0) is 19.7. The van der Waals surface area contributed by atoms with Gasteiger partial charge in [0.15, 0.2) is 17.2 Å². The lowest BCUT2D eigenvalue weighted by Crippen LogP contribution is -2.36. The van der Waals surface area contributed by atoms with Crippen molar-refractivity contribution in [2.24, 2.45) is 0 Å². The molecule has 3 atom stereocenters. The van der Waals surface area contributed by atoms with Crippen LogP contribution in [-0.4, -0.2) is 48.5 Å². The van der Waals surface area contributed by atoms with Gasteiger partial charge in [-0.05, 0) is 5.56 Å². The highest BCUT2D eigenvalue weighted by Gasteiger charge is 2.50. The van der Waals surface area contributed by atoms with Gasteiger partial charge in [0.05, 0.1) is 12.9 Å². The average molecular weight is 386 g/mol. The molecule has 1 aliphatic rings. The molecule has 3 aromatic rings. The molecule has 11 heteroatoms. The van der Waals surface area contributed by atoms with E-state index >= 15 is 0 Å². The van der Waals surface area contributed by atoms with Crippen molar-refractivity contribution >= 4 is 17.0 Å². The van der Waals surface area contributed by atoms with Gasteiger partial charge in [-0.15, -0.1) is 10.1 Å². The zero-order valence-corrected chi connectivity index (χ0v) is 14.7. The highest BCUT2D eigenvalue weighted by Crippen LogP contribution is 2.41. The van der Waals surface area contributed by atoms with Gasteiger partial charge in [-0.2, -0.15) is 0 Å². The van der Waals surface area contributed by atoms with Crippen molar-refractivity contribution in [3.63, 3.8) is 0 Å². The fraction of sp³-hybridized carbons (Fsp3) is 0.353. The predicted molar refractivity (Wildman–Crippen MR) is 96.3 cm³/mol. The van der Waals surface area contributed by atoms with E-state index in [-0.39, 0.29) is 12.2 Å². The highest BCUT2D eigenvalue weighted by molar-refractivity contribution is 5.81. The summed E-state index contributed by atoms with van der Waals surface area (Å²) in [6, 6.07) is 9.51. The molecule has 0 amide bonds. The van der Waals surface area contributed by atoms with Crippen molar-refractivity contribution < 1.29 is 19.8 Å². The third-order valence-corrected chi connectivity index (χ3v) is 4.83. The molecule has 3 N–H and O–H groups in total. The second-order valence-corrected chi connectivity index (χ2v) is 6.56. The van der Waals surface area contributed by atoms with Crippen molar-refractivity contribution in [1.82, 2.24) is 19.5 Å². The molecule has 4 rings (SSSR count). The first kappa shape index (κ1) is 18.1. The molecule has 146 valence electrons. The van der Waals surface area contributed by atoms with E-state index in [1.165, 1.54) is 12.7 Å². The number of ether oxygens (including phenoxy) is 1. The number of hydrogen-bond acceptors (Lipinski definition) is 9. The first-order valence-corrected chi connectivity index (χ1v) is 8.60. The van der Waals surface area contributed by atoms with E-state index in [1.54, 1.807) is 4.57 Å². The predicted octanol–water partition coefficient (Wildman–Crippen LogP) is 0.662. The number of aromatic nitrogens is 4. The normalized spacial score (nSPS) is 24.5. The lowest BCUT2D eigenvalue weighted by Gasteiger charge is -2.31. The molecule has 0 saturated carbocycles. The summed E-state index contributed by atoms with van der Waals surface area (Å²) < 4.78 is 7.83. The molecule has 0 unspecified atom stereocenters. The second kappa shape index (κ2) is 7.02. The molecule has 1 fully saturated rings. The van der Waals surface area contributed by atoms with Crippen LogP contribution in [-0.2, 0) is 21.7 Å². The van der Waals surface area contributed by atoms with Crippen LogP contribution in [0.15, 0.2) is 43.0 Å². The summed E-state index contributed by atoms with van der Waals surface area (Å²) >= 11 is 0. The summed E-state index contributed by atoms with van der Waals surface area (Å²) in [5.41, 5.74) is 6.55. The third-order valence-electron chi connectivity index (χ3n) is 4.83. The van der Waals surface area contributed by atoms with Crippen LogP contribution in [0.25, 0.3) is 11.2 Å². The SMILES string of the molecule is Nc1ncnc2c1ncn2[C@@]1(Cc2ccccc2)C[C@H](O[N+](=O)[O-])[C@@H](CO)O1. The summed E-state index contributed by atoms with van der Waals surface area (Å²) in [7, 11) is 0. The smallest absolute Gasteiger partial charge is 0.294 e. The van der Waals surface area contributed by atoms with Crippen molar-refractivity contribution in [1.29, 1.82) is 0 Å². The number of nitrogen functional groups attached to an aromatic ring is 1. The van der Waals surface area contributed by atoms with Gasteiger partial charge in [0.25, 0.3) is 5.09 Å². The van der Waals surface area contributed by atoms with Gasteiger partial charge in [0, 0.05) is 12.8 Å². The quantitative estimate of drug-likeness (QED) is 0.460. The van der Waals surface area contributed by atoms with Gasteiger partial charge in [0.1, 0.15) is 24.1 Å². The lowest BCUT2D eigenvalue weighted by atomic mass is 9.97. The van der Waals surface area contributed by atoms with Gasteiger partial charge in [-0.25, -0.2) is 15.0 Å². The van der Waals surface area contributed by atoms with Crippen molar-refractivity contribution in [2.45, 2.75) is 30.8 Å². The van der Waals surface area contributed by atoms with Crippen LogP contribution in [0.2, 0.25) is 0 Å². The summed E-state index contributed by atoms with van der Waals surface area (Å²) in [6.07, 6.45) is 1.48. The minimum Gasteiger partial charge on any atom is -0.394 e. The Bertz CT molecular complexity index is 996. The number of aliphatic hydroxyl groups is 1. The first-order chi connectivity index (χ1) is 13.5. The fourth-order valence-corrected chi connectivity index (χ4v) is 3.64. The number of nitrogens with zero attached hydrogens (tertiary/aromatic N) is 5. The van der Waals surface area contributed by atoms with Crippen LogP contribution in [0.5, 0.6) is 0 Å². The van der Waals surface area contributed by atoms with E-state index in [2.05, 4.69) is 15.0 Å². The van der Waals surface area contributed by atoms with E-state index in [0.29, 0.717) is 17.6 Å². The Kier molecular flexibility index (Phi) is 4.53. The maximum atomic E-state index is 10.9. The standard InChI is InChI=1S/C17H18N6O5/c18-15-14-16(20-9-19-15)22(10-21-14)17(6-11-4-2-1-3-5-11)7-12(28-23(25)26)13(8-24)27-17/h1-5,9-10,12-13,24H,6-8H2,(H2,18,19,20)/t12-,13+,17+/m0/s1. The third kappa shape index (κ3) is 3.10. The summed E-state index contributed by atoms with van der Waals surface area (Å²) in [6.45, 7) is -0.432.